The normalized spacial score (nSPS) is 11.0. The van der Waals surface area contributed by atoms with Crippen LogP contribution in [0.1, 0.15) is 0 Å². The topological polar surface area (TPSA) is 47.6 Å². The average molecular weight is 298 g/mol. The summed E-state index contributed by atoms with van der Waals surface area (Å²) in [4.78, 5) is 11.2. The molecule has 0 bridgehead atoms. The Morgan fingerprint density at radius 1 is 1.42 bits per heavy atom. The number of benzene rings is 1. The van der Waals surface area contributed by atoms with Crippen molar-refractivity contribution < 1.29 is 27.4 Å². The molecule has 0 saturated carbocycles. The Labute approximate surface area is 112 Å². The summed E-state index contributed by atoms with van der Waals surface area (Å²) >= 11 is 5.31. The van der Waals surface area contributed by atoms with Gasteiger partial charge in [-0.3, -0.25) is 4.79 Å². The molecule has 0 radical (unpaired) electrons. The van der Waals surface area contributed by atoms with Gasteiger partial charge in [0.2, 0.25) is 5.91 Å². The molecule has 0 aliphatic heterocycles. The maximum absolute atomic E-state index is 12.1. The Bertz CT molecular complexity index is 451. The Morgan fingerprint density at radius 3 is 2.63 bits per heavy atom. The number of carbonyl (C=O) groups excluding carboxylic acids is 1. The first-order valence-corrected chi connectivity index (χ1v) is 5.62. The molecule has 106 valence electrons. The Kier molecular flexibility index (Phi) is 5.29. The van der Waals surface area contributed by atoms with E-state index in [0.717, 1.165) is 0 Å². The zero-order valence-corrected chi connectivity index (χ0v) is 10.6. The van der Waals surface area contributed by atoms with Gasteiger partial charge in [0.05, 0.1) is 12.8 Å². The lowest BCUT2D eigenvalue weighted by Gasteiger charge is -2.14. The predicted octanol–water partition coefficient (Wildman–Crippen LogP) is 2.81. The molecular formula is C11H11ClF3NO3. The summed E-state index contributed by atoms with van der Waals surface area (Å²) in [6.07, 6.45) is -4.46. The molecule has 1 N–H and O–H groups in total. The van der Waals surface area contributed by atoms with Crippen LogP contribution in [-0.4, -0.2) is 31.7 Å². The van der Waals surface area contributed by atoms with Gasteiger partial charge in [-0.05, 0) is 12.1 Å². The van der Waals surface area contributed by atoms with Gasteiger partial charge in [0, 0.05) is 6.07 Å². The van der Waals surface area contributed by atoms with Gasteiger partial charge in [0.25, 0.3) is 0 Å². The minimum absolute atomic E-state index is 0.0641. The van der Waals surface area contributed by atoms with E-state index in [0.29, 0.717) is 5.75 Å². The number of amides is 1. The van der Waals surface area contributed by atoms with Gasteiger partial charge in [-0.2, -0.15) is 13.2 Å². The highest BCUT2D eigenvalue weighted by Crippen LogP contribution is 2.30. The van der Waals surface area contributed by atoms with Crippen LogP contribution in [0.15, 0.2) is 18.2 Å². The second kappa shape index (κ2) is 6.51. The predicted molar refractivity (Wildman–Crippen MR) is 63.9 cm³/mol. The van der Waals surface area contributed by atoms with Crippen LogP contribution in [0.2, 0.25) is 0 Å². The summed E-state index contributed by atoms with van der Waals surface area (Å²) < 4.78 is 45.8. The van der Waals surface area contributed by atoms with Crippen molar-refractivity contribution in [2.24, 2.45) is 0 Å². The summed E-state index contributed by atoms with van der Waals surface area (Å²) in [5.41, 5.74) is 0.0641. The van der Waals surface area contributed by atoms with Crippen LogP contribution in [0.25, 0.3) is 0 Å². The van der Waals surface area contributed by atoms with Crippen molar-refractivity contribution in [2.45, 2.75) is 6.18 Å². The second-order valence-electron chi connectivity index (χ2n) is 3.45. The molecule has 0 aliphatic rings. The van der Waals surface area contributed by atoms with Gasteiger partial charge < -0.3 is 14.8 Å². The quantitative estimate of drug-likeness (QED) is 0.850. The summed E-state index contributed by atoms with van der Waals surface area (Å²) in [7, 11) is 1.39. The molecule has 0 aromatic heterocycles. The number of hydrogen-bond acceptors (Lipinski definition) is 3. The van der Waals surface area contributed by atoms with E-state index in [1.165, 1.54) is 25.3 Å². The van der Waals surface area contributed by atoms with Crippen LogP contribution >= 0.6 is 11.6 Å². The van der Waals surface area contributed by atoms with Gasteiger partial charge in [0.1, 0.15) is 17.4 Å². The van der Waals surface area contributed by atoms with E-state index in [1.54, 1.807) is 0 Å². The summed E-state index contributed by atoms with van der Waals surface area (Å²) in [5, 5.41) is 2.33. The largest absolute Gasteiger partial charge is 0.497 e. The van der Waals surface area contributed by atoms with Gasteiger partial charge >= 0.3 is 6.18 Å². The molecule has 1 rings (SSSR count). The van der Waals surface area contributed by atoms with E-state index in [4.69, 9.17) is 16.3 Å². The van der Waals surface area contributed by atoms with Crippen LogP contribution in [-0.2, 0) is 4.79 Å². The molecule has 19 heavy (non-hydrogen) atoms. The lowest BCUT2D eigenvalue weighted by atomic mass is 10.2. The summed E-state index contributed by atoms with van der Waals surface area (Å²) in [6, 6.07) is 4.03. The zero-order valence-electron chi connectivity index (χ0n) is 9.88. The molecular weight excluding hydrogens is 287 g/mol. The van der Waals surface area contributed by atoms with Crippen LogP contribution < -0.4 is 14.8 Å². The van der Waals surface area contributed by atoms with Crippen molar-refractivity contribution in [2.75, 3.05) is 24.9 Å². The van der Waals surface area contributed by atoms with E-state index in [1.807, 2.05) is 0 Å². The van der Waals surface area contributed by atoms with E-state index in [-0.39, 0.29) is 17.3 Å². The lowest BCUT2D eigenvalue weighted by Crippen LogP contribution is -2.20. The SMILES string of the molecule is COc1ccc(OCC(F)(F)F)c(NC(=O)CCl)c1. The van der Waals surface area contributed by atoms with Crippen LogP contribution in [0.3, 0.4) is 0 Å². The maximum Gasteiger partial charge on any atom is 0.422 e. The van der Waals surface area contributed by atoms with Crippen LogP contribution in [0.4, 0.5) is 18.9 Å². The number of alkyl halides is 4. The highest BCUT2D eigenvalue weighted by molar-refractivity contribution is 6.29. The maximum atomic E-state index is 12.1. The van der Waals surface area contributed by atoms with Gasteiger partial charge in [-0.15, -0.1) is 11.6 Å². The number of carbonyl (C=O) groups is 1. The number of methoxy groups -OCH3 is 1. The fraction of sp³-hybridized carbons (Fsp3) is 0.364. The fourth-order valence-corrected chi connectivity index (χ4v) is 1.27. The van der Waals surface area contributed by atoms with Crippen LogP contribution in [0.5, 0.6) is 11.5 Å². The average Bonchev–Trinajstić information content (AvgIpc) is 2.35. The third-order valence-corrected chi connectivity index (χ3v) is 2.22. The first-order valence-electron chi connectivity index (χ1n) is 5.09. The Balaban J connectivity index is 2.91. The molecule has 0 fully saturated rings. The monoisotopic (exact) mass is 297 g/mol. The third-order valence-electron chi connectivity index (χ3n) is 1.97. The lowest BCUT2D eigenvalue weighted by molar-refractivity contribution is -0.153. The van der Waals surface area contributed by atoms with Crippen LogP contribution in [0, 0.1) is 0 Å². The number of nitrogens with one attached hydrogen (secondary N) is 1. The molecule has 1 aromatic carbocycles. The third kappa shape index (κ3) is 5.25. The molecule has 0 atom stereocenters. The minimum Gasteiger partial charge on any atom is -0.497 e. The number of halogens is 4. The van der Waals surface area contributed by atoms with Crippen molar-refractivity contribution in [3.63, 3.8) is 0 Å². The summed E-state index contributed by atoms with van der Waals surface area (Å²) in [5.74, 6) is -0.636. The van der Waals surface area contributed by atoms with Gasteiger partial charge in [-0.25, -0.2) is 0 Å². The molecule has 0 saturated heterocycles. The Morgan fingerprint density at radius 2 is 2.11 bits per heavy atom. The first kappa shape index (κ1) is 15.4. The molecule has 4 nitrogen and oxygen atoms in total. The van der Waals surface area contributed by atoms with Crippen molar-refractivity contribution in [1.29, 1.82) is 0 Å². The van der Waals surface area contributed by atoms with E-state index >= 15 is 0 Å². The second-order valence-corrected chi connectivity index (χ2v) is 3.72. The van der Waals surface area contributed by atoms with Gasteiger partial charge in [-0.1, -0.05) is 0 Å². The molecule has 0 aliphatic carbocycles. The minimum atomic E-state index is -4.46. The number of rotatable bonds is 5. The number of ether oxygens (including phenoxy) is 2. The van der Waals surface area contributed by atoms with E-state index in [9.17, 15) is 18.0 Å². The number of anilines is 1. The highest BCUT2D eigenvalue weighted by Gasteiger charge is 2.29. The van der Waals surface area contributed by atoms with E-state index in [2.05, 4.69) is 10.1 Å². The number of hydrogen-bond donors (Lipinski definition) is 1. The van der Waals surface area contributed by atoms with Crippen molar-refractivity contribution in [3.8, 4) is 11.5 Å². The van der Waals surface area contributed by atoms with Crippen molar-refractivity contribution in [1.82, 2.24) is 0 Å². The molecule has 1 amide bonds. The zero-order chi connectivity index (χ0) is 14.5. The van der Waals surface area contributed by atoms with Crippen molar-refractivity contribution >= 4 is 23.2 Å². The molecule has 0 unspecified atom stereocenters. The van der Waals surface area contributed by atoms with Crippen molar-refractivity contribution in [3.05, 3.63) is 18.2 Å². The van der Waals surface area contributed by atoms with E-state index < -0.39 is 18.7 Å². The summed E-state index contributed by atoms with van der Waals surface area (Å²) in [6.45, 7) is -1.46. The molecule has 0 heterocycles. The Hall–Kier alpha value is -1.63. The standard InChI is InChI=1S/C11H11ClF3NO3/c1-18-7-2-3-9(19-6-11(13,14)15)8(4-7)16-10(17)5-12/h2-4H,5-6H2,1H3,(H,16,17). The smallest absolute Gasteiger partial charge is 0.422 e. The fourth-order valence-electron chi connectivity index (χ4n) is 1.20. The highest BCUT2D eigenvalue weighted by atomic mass is 35.5. The molecule has 0 spiro atoms. The molecule has 8 heteroatoms. The first-order chi connectivity index (χ1) is 8.85. The van der Waals surface area contributed by atoms with Gasteiger partial charge in [0.15, 0.2) is 6.61 Å². The molecule has 1 aromatic rings.